The monoisotopic (exact) mass is 288 g/mol. The first-order valence-corrected chi connectivity index (χ1v) is 4.81. The molecular formula is C7H13IO4. The van der Waals surface area contributed by atoms with Gasteiger partial charge >= 0.3 is 6.16 Å². The molecule has 0 aromatic carbocycles. The van der Waals surface area contributed by atoms with E-state index in [1.807, 2.05) is 22.6 Å². The van der Waals surface area contributed by atoms with Crippen LogP contribution < -0.4 is 0 Å². The summed E-state index contributed by atoms with van der Waals surface area (Å²) in [5.41, 5.74) is 0. The van der Waals surface area contributed by atoms with Crippen LogP contribution >= 0.6 is 22.6 Å². The van der Waals surface area contributed by atoms with Crippen molar-refractivity contribution in [2.24, 2.45) is 0 Å². The summed E-state index contributed by atoms with van der Waals surface area (Å²) in [5.74, 6) is 0. The molecule has 0 amide bonds. The lowest BCUT2D eigenvalue weighted by Crippen LogP contribution is -2.21. The average molecular weight is 288 g/mol. The molecule has 0 aromatic heterocycles. The van der Waals surface area contributed by atoms with Gasteiger partial charge in [0.15, 0.2) is 4.11 Å². The molecule has 0 aromatic rings. The van der Waals surface area contributed by atoms with E-state index in [-0.39, 0.29) is 10.2 Å². The van der Waals surface area contributed by atoms with Gasteiger partial charge in [0.2, 0.25) is 0 Å². The summed E-state index contributed by atoms with van der Waals surface area (Å²) in [6.07, 6.45) is -0.918. The second-order valence-electron chi connectivity index (χ2n) is 2.29. The van der Waals surface area contributed by atoms with E-state index in [2.05, 4.69) is 0 Å². The number of hydrogen-bond donors (Lipinski definition) is 0. The van der Waals surface area contributed by atoms with Crippen LogP contribution in [0.5, 0.6) is 0 Å². The molecule has 0 radical (unpaired) electrons. The van der Waals surface area contributed by atoms with Crippen molar-refractivity contribution in [2.45, 2.75) is 24.1 Å². The summed E-state index contributed by atoms with van der Waals surface area (Å²) in [6.45, 7) is 3.87. The van der Waals surface area contributed by atoms with Crippen LogP contribution in [0.25, 0.3) is 0 Å². The minimum Gasteiger partial charge on any atom is -0.429 e. The maximum absolute atomic E-state index is 10.8. The zero-order chi connectivity index (χ0) is 9.56. The van der Waals surface area contributed by atoms with Gasteiger partial charge in [0.25, 0.3) is 0 Å². The number of carbonyl (C=O) groups is 1. The molecule has 0 rings (SSSR count). The molecule has 4 nitrogen and oxygen atoms in total. The van der Waals surface area contributed by atoms with E-state index in [0.29, 0.717) is 6.61 Å². The predicted molar refractivity (Wildman–Crippen MR) is 52.4 cm³/mol. The van der Waals surface area contributed by atoms with Gasteiger partial charge in [-0.2, -0.15) is 0 Å². The summed E-state index contributed by atoms with van der Waals surface area (Å²) in [4.78, 5) is 10.8. The van der Waals surface area contributed by atoms with Gasteiger partial charge in [-0.15, -0.1) is 0 Å². The van der Waals surface area contributed by atoms with Crippen molar-refractivity contribution in [3.63, 3.8) is 0 Å². The molecule has 72 valence electrons. The van der Waals surface area contributed by atoms with Crippen molar-refractivity contribution in [3.8, 4) is 0 Å². The highest BCUT2D eigenvalue weighted by atomic mass is 127. The maximum Gasteiger partial charge on any atom is 0.509 e. The molecule has 0 spiro atoms. The largest absolute Gasteiger partial charge is 0.509 e. The molecule has 2 atom stereocenters. The maximum atomic E-state index is 10.8. The van der Waals surface area contributed by atoms with Gasteiger partial charge in [0.05, 0.1) is 6.61 Å². The predicted octanol–water partition coefficient (Wildman–Crippen LogP) is 1.96. The fourth-order valence-electron chi connectivity index (χ4n) is 0.593. The highest BCUT2D eigenvalue weighted by Crippen LogP contribution is 2.03. The minimum absolute atomic E-state index is 0.176. The van der Waals surface area contributed by atoms with E-state index < -0.39 is 6.16 Å². The molecule has 5 heteroatoms. The zero-order valence-corrected chi connectivity index (χ0v) is 9.53. The van der Waals surface area contributed by atoms with Crippen molar-refractivity contribution in [3.05, 3.63) is 0 Å². The second-order valence-corrected chi connectivity index (χ2v) is 4.05. The Bertz CT molecular complexity index is 137. The van der Waals surface area contributed by atoms with Crippen LogP contribution in [0.3, 0.4) is 0 Å². The van der Waals surface area contributed by atoms with Crippen molar-refractivity contribution in [1.29, 1.82) is 0 Å². The Hall–Kier alpha value is -0.0400. The van der Waals surface area contributed by atoms with Gasteiger partial charge < -0.3 is 14.2 Å². The van der Waals surface area contributed by atoms with Gasteiger partial charge in [-0.1, -0.05) is 0 Å². The van der Waals surface area contributed by atoms with E-state index in [1.54, 1.807) is 21.0 Å². The molecule has 0 saturated carbocycles. The van der Waals surface area contributed by atoms with Crippen molar-refractivity contribution in [1.82, 2.24) is 0 Å². The Balaban J connectivity index is 3.54. The van der Waals surface area contributed by atoms with Crippen molar-refractivity contribution < 1.29 is 19.0 Å². The van der Waals surface area contributed by atoms with Gasteiger partial charge in [-0.3, -0.25) is 0 Å². The summed E-state index contributed by atoms with van der Waals surface area (Å²) >= 11 is 1.97. The molecule has 12 heavy (non-hydrogen) atoms. The third-order valence-electron chi connectivity index (χ3n) is 0.957. The molecule has 0 aliphatic carbocycles. The quantitative estimate of drug-likeness (QED) is 0.450. The fourth-order valence-corrected chi connectivity index (χ4v) is 0.801. The zero-order valence-electron chi connectivity index (χ0n) is 7.37. The lowest BCUT2D eigenvalue weighted by molar-refractivity contribution is 0.000842. The van der Waals surface area contributed by atoms with Crippen molar-refractivity contribution in [2.75, 3.05) is 13.7 Å². The van der Waals surface area contributed by atoms with E-state index in [0.717, 1.165) is 0 Å². The number of hydrogen-bond acceptors (Lipinski definition) is 4. The van der Waals surface area contributed by atoms with Crippen LogP contribution in [0.2, 0.25) is 0 Å². The number of methoxy groups -OCH3 is 1. The van der Waals surface area contributed by atoms with Crippen molar-refractivity contribution >= 4 is 28.7 Å². The van der Waals surface area contributed by atoms with E-state index in [4.69, 9.17) is 14.2 Å². The molecule has 0 aliphatic rings. The van der Waals surface area contributed by atoms with Crippen LogP contribution in [0.4, 0.5) is 4.79 Å². The Morgan fingerprint density at radius 1 is 1.42 bits per heavy atom. The standard InChI is InChI=1S/C7H13IO4/c1-5(4-10-3)11-7(9)12-6(2)8/h5-6H,4H2,1-3H3. The molecule has 2 unspecified atom stereocenters. The lowest BCUT2D eigenvalue weighted by atomic mass is 10.4. The van der Waals surface area contributed by atoms with Crippen LogP contribution in [-0.4, -0.2) is 30.1 Å². The average Bonchev–Trinajstić information content (AvgIpc) is 1.84. The van der Waals surface area contributed by atoms with Gasteiger partial charge in [0, 0.05) is 7.11 Å². The molecule has 0 N–H and O–H groups in total. The van der Waals surface area contributed by atoms with E-state index >= 15 is 0 Å². The Morgan fingerprint density at radius 2 is 2.00 bits per heavy atom. The number of carbonyl (C=O) groups excluding carboxylic acids is 1. The molecule has 0 saturated heterocycles. The van der Waals surface area contributed by atoms with Crippen LogP contribution in [0.1, 0.15) is 13.8 Å². The third-order valence-corrected chi connectivity index (χ3v) is 1.21. The van der Waals surface area contributed by atoms with E-state index in [1.165, 1.54) is 0 Å². The number of alkyl halides is 1. The third kappa shape index (κ3) is 6.66. The first-order chi connectivity index (χ1) is 5.56. The number of rotatable bonds is 4. The molecule has 0 aliphatic heterocycles. The first kappa shape index (κ1) is 12.0. The SMILES string of the molecule is COCC(C)OC(=O)OC(C)I. The Kier molecular flexibility index (Phi) is 6.45. The smallest absolute Gasteiger partial charge is 0.429 e. The highest BCUT2D eigenvalue weighted by Gasteiger charge is 2.11. The first-order valence-electron chi connectivity index (χ1n) is 3.56. The van der Waals surface area contributed by atoms with Crippen LogP contribution in [0, 0.1) is 0 Å². The number of halogens is 1. The molecule has 0 bridgehead atoms. The topological polar surface area (TPSA) is 44.8 Å². The molecule has 0 fully saturated rings. The van der Waals surface area contributed by atoms with Gasteiger partial charge in [0.1, 0.15) is 6.10 Å². The van der Waals surface area contributed by atoms with Gasteiger partial charge in [-0.05, 0) is 36.4 Å². The van der Waals surface area contributed by atoms with Gasteiger partial charge in [-0.25, -0.2) is 4.79 Å². The highest BCUT2D eigenvalue weighted by molar-refractivity contribution is 14.1. The van der Waals surface area contributed by atoms with Crippen LogP contribution in [-0.2, 0) is 14.2 Å². The summed E-state index contributed by atoms with van der Waals surface area (Å²) in [5, 5.41) is 0. The Morgan fingerprint density at radius 3 is 2.42 bits per heavy atom. The summed E-state index contributed by atoms with van der Waals surface area (Å²) in [6, 6.07) is 0. The lowest BCUT2D eigenvalue weighted by Gasteiger charge is -2.12. The van der Waals surface area contributed by atoms with Crippen LogP contribution in [0.15, 0.2) is 0 Å². The summed E-state index contributed by atoms with van der Waals surface area (Å²) in [7, 11) is 1.55. The molecule has 0 heterocycles. The summed E-state index contributed by atoms with van der Waals surface area (Å²) < 4.78 is 14.1. The fraction of sp³-hybridized carbons (Fsp3) is 0.857. The van der Waals surface area contributed by atoms with E-state index in [9.17, 15) is 4.79 Å². The normalized spacial score (nSPS) is 15.0. The molecular weight excluding hydrogens is 275 g/mol. The number of ether oxygens (including phenoxy) is 3. The Labute approximate surface area is 85.7 Å². The minimum atomic E-state index is -0.651. The second kappa shape index (κ2) is 6.47.